The number of guanidine groups is 1. The number of nitrogens with two attached hydrogens (primary N) is 1. The van der Waals surface area contributed by atoms with E-state index in [-0.39, 0.29) is 18.7 Å². The van der Waals surface area contributed by atoms with Gasteiger partial charge in [-0.15, -0.1) is 0 Å². The highest BCUT2D eigenvalue weighted by Crippen LogP contribution is 1.94. The van der Waals surface area contributed by atoms with E-state index in [0.717, 1.165) is 6.42 Å². The zero-order chi connectivity index (χ0) is 9.56. The molecule has 0 radical (unpaired) electrons. The predicted octanol–water partition coefficient (Wildman–Crippen LogP) is 0.0700. The van der Waals surface area contributed by atoms with Crippen molar-refractivity contribution < 1.29 is 5.11 Å². The second-order valence-corrected chi connectivity index (χ2v) is 3.06. The SMILES string of the molecule is CCC(CO)N=C(N)NC(C)C. The Bertz CT molecular complexity index is 141. The number of aliphatic hydroxyl groups excluding tert-OH is 1. The van der Waals surface area contributed by atoms with Crippen LogP contribution in [0.3, 0.4) is 0 Å². The fourth-order valence-electron chi connectivity index (χ4n) is 0.791. The first-order chi connectivity index (χ1) is 5.60. The maximum absolute atomic E-state index is 8.82. The predicted molar refractivity (Wildman–Crippen MR) is 51.1 cm³/mol. The van der Waals surface area contributed by atoms with E-state index >= 15 is 0 Å². The molecule has 4 heteroatoms. The molecule has 0 aromatic carbocycles. The molecule has 0 spiro atoms. The van der Waals surface area contributed by atoms with E-state index in [9.17, 15) is 0 Å². The van der Waals surface area contributed by atoms with Crippen LogP contribution in [0.2, 0.25) is 0 Å². The first kappa shape index (κ1) is 11.2. The molecule has 0 aliphatic rings. The number of hydrogen-bond acceptors (Lipinski definition) is 2. The minimum atomic E-state index is -0.0729. The first-order valence-corrected chi connectivity index (χ1v) is 4.30. The molecule has 0 rings (SSSR count). The maximum atomic E-state index is 8.82. The normalized spacial score (nSPS) is 14.9. The zero-order valence-corrected chi connectivity index (χ0v) is 8.04. The van der Waals surface area contributed by atoms with Gasteiger partial charge in [0.2, 0.25) is 0 Å². The van der Waals surface area contributed by atoms with Gasteiger partial charge in [0.1, 0.15) is 0 Å². The second kappa shape index (κ2) is 5.83. The van der Waals surface area contributed by atoms with Crippen molar-refractivity contribution in [3.05, 3.63) is 0 Å². The Kier molecular flexibility index (Phi) is 5.45. The molecule has 72 valence electrons. The summed E-state index contributed by atoms with van der Waals surface area (Å²) in [4.78, 5) is 4.09. The van der Waals surface area contributed by atoms with E-state index < -0.39 is 0 Å². The first-order valence-electron chi connectivity index (χ1n) is 4.30. The van der Waals surface area contributed by atoms with Gasteiger partial charge in [-0.1, -0.05) is 6.92 Å². The van der Waals surface area contributed by atoms with Crippen molar-refractivity contribution in [2.45, 2.75) is 39.3 Å². The van der Waals surface area contributed by atoms with Crippen molar-refractivity contribution in [1.82, 2.24) is 5.32 Å². The molecule has 1 atom stereocenters. The van der Waals surface area contributed by atoms with Gasteiger partial charge in [0.25, 0.3) is 0 Å². The number of hydrogen-bond donors (Lipinski definition) is 3. The van der Waals surface area contributed by atoms with Crippen LogP contribution in [0.5, 0.6) is 0 Å². The van der Waals surface area contributed by atoms with Crippen molar-refractivity contribution in [2.24, 2.45) is 10.7 Å². The summed E-state index contributed by atoms with van der Waals surface area (Å²) in [6.45, 7) is 5.99. The highest BCUT2D eigenvalue weighted by Gasteiger charge is 2.02. The molecule has 0 aliphatic carbocycles. The van der Waals surface area contributed by atoms with Crippen LogP contribution in [0.1, 0.15) is 27.2 Å². The summed E-state index contributed by atoms with van der Waals surface area (Å²) >= 11 is 0. The molecule has 0 aliphatic heterocycles. The van der Waals surface area contributed by atoms with Crippen LogP contribution in [-0.2, 0) is 0 Å². The third kappa shape index (κ3) is 4.96. The molecule has 0 saturated carbocycles. The lowest BCUT2D eigenvalue weighted by molar-refractivity contribution is 0.263. The summed E-state index contributed by atoms with van der Waals surface area (Å²) in [5, 5.41) is 11.8. The van der Waals surface area contributed by atoms with E-state index in [0.29, 0.717) is 5.96 Å². The van der Waals surface area contributed by atoms with E-state index in [1.807, 2.05) is 20.8 Å². The lowest BCUT2D eigenvalue weighted by Crippen LogP contribution is -2.38. The lowest BCUT2D eigenvalue weighted by Gasteiger charge is -2.11. The van der Waals surface area contributed by atoms with Crippen LogP contribution < -0.4 is 11.1 Å². The average molecular weight is 173 g/mol. The number of aliphatic imine (C=N–C) groups is 1. The summed E-state index contributed by atoms with van der Waals surface area (Å²) in [7, 11) is 0. The van der Waals surface area contributed by atoms with Crippen LogP contribution in [-0.4, -0.2) is 29.8 Å². The molecule has 0 amide bonds. The molecular weight excluding hydrogens is 154 g/mol. The summed E-state index contributed by atoms with van der Waals surface area (Å²) in [5.41, 5.74) is 5.55. The van der Waals surface area contributed by atoms with Gasteiger partial charge in [0.05, 0.1) is 12.6 Å². The van der Waals surface area contributed by atoms with Crippen molar-refractivity contribution in [3.63, 3.8) is 0 Å². The average Bonchev–Trinajstić information content (AvgIpc) is 1.98. The number of nitrogens with one attached hydrogen (secondary N) is 1. The fraction of sp³-hybridized carbons (Fsp3) is 0.875. The Labute approximate surface area is 73.9 Å². The highest BCUT2D eigenvalue weighted by molar-refractivity contribution is 5.78. The van der Waals surface area contributed by atoms with E-state index in [1.165, 1.54) is 0 Å². The smallest absolute Gasteiger partial charge is 0.189 e. The second-order valence-electron chi connectivity index (χ2n) is 3.06. The number of aliphatic hydroxyl groups is 1. The molecule has 0 aromatic rings. The van der Waals surface area contributed by atoms with Gasteiger partial charge >= 0.3 is 0 Å². The molecule has 4 nitrogen and oxygen atoms in total. The van der Waals surface area contributed by atoms with Crippen LogP contribution in [0, 0.1) is 0 Å². The quantitative estimate of drug-likeness (QED) is 0.416. The highest BCUT2D eigenvalue weighted by atomic mass is 16.3. The third-order valence-electron chi connectivity index (χ3n) is 1.44. The summed E-state index contributed by atoms with van der Waals surface area (Å²) in [5.74, 6) is 0.408. The number of rotatable bonds is 4. The van der Waals surface area contributed by atoms with Crippen molar-refractivity contribution >= 4 is 5.96 Å². The molecule has 0 fully saturated rings. The Morgan fingerprint density at radius 1 is 1.58 bits per heavy atom. The van der Waals surface area contributed by atoms with Crippen molar-refractivity contribution in [2.75, 3.05) is 6.61 Å². The fourth-order valence-corrected chi connectivity index (χ4v) is 0.791. The Morgan fingerprint density at radius 3 is 2.50 bits per heavy atom. The molecule has 0 aromatic heterocycles. The summed E-state index contributed by atoms with van der Waals surface area (Å²) in [6, 6.07) is 0.209. The largest absolute Gasteiger partial charge is 0.394 e. The van der Waals surface area contributed by atoms with Gasteiger partial charge in [-0.05, 0) is 20.3 Å². The Balaban J connectivity index is 3.94. The standard InChI is InChI=1S/C8H19N3O/c1-4-7(5-12)11-8(9)10-6(2)3/h6-7,12H,4-5H2,1-3H3,(H3,9,10,11). The third-order valence-corrected chi connectivity index (χ3v) is 1.44. The molecule has 1 unspecified atom stereocenters. The van der Waals surface area contributed by atoms with Gasteiger partial charge in [-0.3, -0.25) is 0 Å². The van der Waals surface area contributed by atoms with Crippen molar-refractivity contribution in [3.8, 4) is 0 Å². The molecule has 0 saturated heterocycles. The van der Waals surface area contributed by atoms with E-state index in [1.54, 1.807) is 0 Å². The number of nitrogens with zero attached hydrogens (tertiary/aromatic N) is 1. The van der Waals surface area contributed by atoms with Crippen molar-refractivity contribution in [1.29, 1.82) is 0 Å². The Morgan fingerprint density at radius 2 is 2.17 bits per heavy atom. The molecule has 0 heterocycles. The molecule has 0 bridgehead atoms. The van der Waals surface area contributed by atoms with Gasteiger partial charge in [-0.2, -0.15) is 0 Å². The minimum absolute atomic E-state index is 0.0526. The molecule has 4 N–H and O–H groups in total. The van der Waals surface area contributed by atoms with Gasteiger partial charge in [0, 0.05) is 6.04 Å². The van der Waals surface area contributed by atoms with Crippen LogP contribution in [0.25, 0.3) is 0 Å². The van der Waals surface area contributed by atoms with E-state index in [4.69, 9.17) is 10.8 Å². The van der Waals surface area contributed by atoms with E-state index in [2.05, 4.69) is 10.3 Å². The summed E-state index contributed by atoms with van der Waals surface area (Å²) < 4.78 is 0. The monoisotopic (exact) mass is 173 g/mol. The minimum Gasteiger partial charge on any atom is -0.394 e. The molecule has 12 heavy (non-hydrogen) atoms. The summed E-state index contributed by atoms with van der Waals surface area (Å²) in [6.07, 6.45) is 0.803. The van der Waals surface area contributed by atoms with Crippen LogP contribution in [0.4, 0.5) is 0 Å². The molecular formula is C8H19N3O. The van der Waals surface area contributed by atoms with Gasteiger partial charge in [0.15, 0.2) is 5.96 Å². The van der Waals surface area contributed by atoms with Crippen LogP contribution in [0.15, 0.2) is 4.99 Å². The maximum Gasteiger partial charge on any atom is 0.189 e. The topological polar surface area (TPSA) is 70.6 Å². The van der Waals surface area contributed by atoms with Crippen LogP contribution >= 0.6 is 0 Å². The van der Waals surface area contributed by atoms with Gasteiger partial charge in [-0.25, -0.2) is 4.99 Å². The van der Waals surface area contributed by atoms with Gasteiger partial charge < -0.3 is 16.2 Å². The Hall–Kier alpha value is -0.770. The lowest BCUT2D eigenvalue weighted by atomic mass is 10.2. The zero-order valence-electron chi connectivity index (χ0n) is 8.04.